The third-order valence-electron chi connectivity index (χ3n) is 17.0. The maximum Gasteiger partial charge on any atom is 0.318 e. The monoisotopic (exact) mass is 1510 g/mol. The molecule has 19 nitrogen and oxygen atoms in total. The quantitative estimate of drug-likeness (QED) is 0.0239. The maximum atomic E-state index is 13.0. The van der Waals surface area contributed by atoms with E-state index in [1.165, 1.54) is 22.3 Å². The van der Waals surface area contributed by atoms with E-state index in [1.807, 2.05) is 44.5 Å². The number of hydrogen-bond acceptors (Lipinski definition) is 23. The minimum absolute atomic E-state index is 0.0431. The summed E-state index contributed by atoms with van der Waals surface area (Å²) in [4.78, 5) is 109. The lowest BCUT2D eigenvalue weighted by Gasteiger charge is -2.25. The number of allylic oxidation sites excluding steroid dienone is 8. The van der Waals surface area contributed by atoms with Crippen LogP contribution < -0.4 is 0 Å². The van der Waals surface area contributed by atoms with Crippen LogP contribution in [0.2, 0.25) is 0 Å². The van der Waals surface area contributed by atoms with Crippen molar-refractivity contribution in [1.29, 1.82) is 0 Å². The van der Waals surface area contributed by atoms with E-state index < -0.39 is 23.9 Å². The molecule has 0 aliphatic carbocycles. The topological polar surface area (TPSA) is 220 Å². The second-order valence-electron chi connectivity index (χ2n) is 28.3. The summed E-state index contributed by atoms with van der Waals surface area (Å²) in [5, 5.41) is -1.37. The average Bonchev–Trinajstić information content (AvgIpc) is 1.07. The largest absolute Gasteiger partial charge is 0.462 e. The first kappa shape index (κ1) is 98.0. The number of nitrogens with zero attached hydrogens (tertiary/aromatic N) is 3. The van der Waals surface area contributed by atoms with Crippen molar-refractivity contribution in [3.63, 3.8) is 0 Å². The highest BCUT2D eigenvalue weighted by Crippen LogP contribution is 2.24. The molecule has 0 aliphatic heterocycles. The van der Waals surface area contributed by atoms with Crippen molar-refractivity contribution in [2.45, 2.75) is 247 Å². The molecule has 0 radical (unpaired) electrons. The van der Waals surface area contributed by atoms with Crippen LogP contribution in [0.25, 0.3) is 0 Å². The van der Waals surface area contributed by atoms with Crippen LogP contribution in [0.3, 0.4) is 0 Å². The molecule has 0 aromatic carbocycles. The molecule has 0 amide bonds. The Morgan fingerprint density at radius 2 is 0.500 bits per heavy atom. The van der Waals surface area contributed by atoms with Crippen LogP contribution in [-0.4, -0.2) is 219 Å². The number of thioether (sulfide) groups is 4. The average molecular weight is 1520 g/mol. The Kier molecular flexibility index (Phi) is 60.7. The number of rotatable bonds is 64. The Balaban J connectivity index is 5.67. The van der Waals surface area contributed by atoms with Crippen LogP contribution in [0.1, 0.15) is 226 Å². The van der Waals surface area contributed by atoms with Crippen LogP contribution in [0.5, 0.6) is 0 Å². The lowest BCUT2D eigenvalue weighted by atomic mass is 10.0. The second-order valence-corrected chi connectivity index (χ2v) is 34.1. The van der Waals surface area contributed by atoms with Gasteiger partial charge in [0.05, 0.1) is 46.7 Å². The predicted octanol–water partition coefficient (Wildman–Crippen LogP) is 15.8. The highest BCUT2D eigenvalue weighted by Gasteiger charge is 2.22. The molecule has 0 rings (SSSR count). The number of ether oxygens (including phenoxy) is 8. The predicted molar refractivity (Wildman–Crippen MR) is 423 cm³/mol. The van der Waals surface area contributed by atoms with Crippen LogP contribution in [-0.2, 0) is 76.3 Å². The lowest BCUT2D eigenvalue weighted by Crippen LogP contribution is -2.34. The van der Waals surface area contributed by atoms with Gasteiger partial charge >= 0.3 is 47.8 Å². The Morgan fingerprint density at radius 1 is 0.294 bits per heavy atom. The minimum Gasteiger partial charge on any atom is -0.462 e. The summed E-state index contributed by atoms with van der Waals surface area (Å²) < 4.78 is 43.7. The molecule has 0 saturated heterocycles. The van der Waals surface area contributed by atoms with E-state index in [0.29, 0.717) is 88.9 Å². The fraction of sp³-hybridized carbons (Fsp3) is 0.797. The van der Waals surface area contributed by atoms with Gasteiger partial charge in [-0.3, -0.25) is 38.4 Å². The molecule has 23 heteroatoms. The van der Waals surface area contributed by atoms with E-state index in [4.69, 9.17) is 37.9 Å². The maximum absolute atomic E-state index is 13.0. The van der Waals surface area contributed by atoms with Crippen LogP contribution in [0.4, 0.5) is 0 Å². The molecule has 590 valence electrons. The fourth-order valence-corrected chi connectivity index (χ4v) is 14.5. The molecule has 0 saturated carbocycles. The first-order valence-corrected chi connectivity index (χ1v) is 42.1. The first-order valence-electron chi connectivity index (χ1n) is 37.9. The lowest BCUT2D eigenvalue weighted by molar-refractivity contribution is -0.152. The number of hydrogen-bond donors (Lipinski definition) is 0. The highest BCUT2D eigenvalue weighted by atomic mass is 32.2. The van der Waals surface area contributed by atoms with Crippen LogP contribution >= 0.6 is 47.0 Å². The standard InChI is InChI=1S/C79H139N3O16S4/c1-60(2)24-18-28-64(9)36-56-99-68(13)76(87)95-52-48-91-72(83)32-44-81(45-33-73(84)92-49-53-96-77(88)69(14)100-57-37-65(10)29-19-25-61(3)4)42-22-40-80(17)41-23-43-82(46-34-74(85)93-50-54-97-78(89)70(15)101-58-38-66(11)30-20-26-62(5)6)47-35-75(86)94-51-55-98-79(90)71(16)102-59-39-67(12)31-21-27-63(7)8/h24-27,64-71H,18-23,28-59H2,1-17H3. The zero-order valence-electron chi connectivity index (χ0n) is 66.3. The van der Waals surface area contributed by atoms with E-state index in [9.17, 15) is 38.4 Å². The SMILES string of the molecule is CC(C)=CCCC(C)CCSC(C)C(=O)OCCOC(=O)CCN(CCCN(C)CCCN(CCC(=O)OCCOC(=O)C(C)SCCC(C)CCC=C(C)C)CCC(=O)OCCOC(=O)C(C)SCCC(C)CCC=C(C)C)CCC(=O)OCCOC(=O)C(C)SCCC(C)CCC=C(C)C. The van der Waals surface area contributed by atoms with Gasteiger partial charge in [0, 0.05) is 26.2 Å². The van der Waals surface area contributed by atoms with Crippen molar-refractivity contribution in [2.75, 3.05) is 135 Å². The summed E-state index contributed by atoms with van der Waals surface area (Å²) in [5.41, 5.74) is 5.27. The van der Waals surface area contributed by atoms with Gasteiger partial charge in [0.25, 0.3) is 0 Å². The first-order chi connectivity index (χ1) is 48.5. The summed E-state index contributed by atoms with van der Waals surface area (Å²) >= 11 is 6.26. The molecule has 8 atom stereocenters. The van der Waals surface area contributed by atoms with Gasteiger partial charge in [-0.05, 0) is 253 Å². The zero-order valence-corrected chi connectivity index (χ0v) is 69.6. The molecule has 0 fully saturated rings. The van der Waals surface area contributed by atoms with Crippen molar-refractivity contribution in [1.82, 2.24) is 14.7 Å². The molecule has 0 bridgehead atoms. The summed E-state index contributed by atoms with van der Waals surface area (Å²) in [7, 11) is 2.00. The van der Waals surface area contributed by atoms with Gasteiger partial charge in [-0.25, -0.2) is 0 Å². The number of carbonyl (C=O) groups excluding carboxylic acids is 8. The summed E-state index contributed by atoms with van der Waals surface area (Å²) in [5.74, 6) is 2.39. The highest BCUT2D eigenvalue weighted by molar-refractivity contribution is 8.01. The van der Waals surface area contributed by atoms with E-state index in [-0.39, 0.29) is 123 Å². The third kappa shape index (κ3) is 60.2. The van der Waals surface area contributed by atoms with Gasteiger partial charge in [-0.1, -0.05) is 74.3 Å². The smallest absolute Gasteiger partial charge is 0.318 e. The molecule has 0 spiro atoms. The van der Waals surface area contributed by atoms with Gasteiger partial charge < -0.3 is 52.6 Å². The molecule has 0 heterocycles. The molecule has 8 unspecified atom stereocenters. The molecule has 0 aromatic rings. The van der Waals surface area contributed by atoms with E-state index >= 15 is 0 Å². The zero-order chi connectivity index (χ0) is 76.5. The van der Waals surface area contributed by atoms with Gasteiger partial charge in [0.2, 0.25) is 0 Å². The van der Waals surface area contributed by atoms with Crippen molar-refractivity contribution in [3.8, 4) is 0 Å². The molecular formula is C79H139N3O16S4. The van der Waals surface area contributed by atoms with Gasteiger partial charge in [0.15, 0.2) is 0 Å². The Labute approximate surface area is 634 Å². The number of carbonyl (C=O) groups is 8. The fourth-order valence-electron chi connectivity index (χ4n) is 10.1. The molecule has 102 heavy (non-hydrogen) atoms. The van der Waals surface area contributed by atoms with E-state index in [1.54, 1.807) is 47.0 Å². The van der Waals surface area contributed by atoms with E-state index in [0.717, 1.165) is 100 Å². The minimum atomic E-state index is -0.459. The van der Waals surface area contributed by atoms with Gasteiger partial charge in [-0.15, -0.1) is 47.0 Å². The number of esters is 8. The molecule has 0 N–H and O–H groups in total. The van der Waals surface area contributed by atoms with Crippen molar-refractivity contribution < 1.29 is 76.3 Å². The van der Waals surface area contributed by atoms with Gasteiger partial charge in [0.1, 0.15) is 52.9 Å². The van der Waals surface area contributed by atoms with Crippen molar-refractivity contribution in [2.24, 2.45) is 23.7 Å². The van der Waals surface area contributed by atoms with Gasteiger partial charge in [-0.2, -0.15) is 0 Å². The molecule has 0 aromatic heterocycles. The summed E-state index contributed by atoms with van der Waals surface area (Å²) in [6.07, 6.45) is 23.2. The molecule has 0 aliphatic rings. The Bertz CT molecular complexity index is 2120. The van der Waals surface area contributed by atoms with E-state index in [2.05, 4.69) is 112 Å². The van der Waals surface area contributed by atoms with Crippen molar-refractivity contribution in [3.05, 3.63) is 46.6 Å². The normalized spacial score (nSPS) is 13.7. The second kappa shape index (κ2) is 63.1. The summed E-state index contributed by atoms with van der Waals surface area (Å²) in [6, 6.07) is 0. The Hall–Kier alpha value is -4.00. The Morgan fingerprint density at radius 3 is 0.706 bits per heavy atom. The summed E-state index contributed by atoms with van der Waals surface area (Å²) in [6.45, 7) is 36.2. The van der Waals surface area contributed by atoms with Crippen LogP contribution in [0.15, 0.2) is 46.6 Å². The van der Waals surface area contributed by atoms with Crippen molar-refractivity contribution >= 4 is 94.8 Å². The third-order valence-corrected chi connectivity index (χ3v) is 21.7. The van der Waals surface area contributed by atoms with Crippen LogP contribution in [0, 0.1) is 23.7 Å². The molecular weight excluding hydrogens is 1380 g/mol.